The fourth-order valence-corrected chi connectivity index (χ4v) is 2.51. The second-order valence-corrected chi connectivity index (χ2v) is 7.17. The van der Waals surface area contributed by atoms with Gasteiger partial charge in [-0.1, -0.05) is 6.08 Å². The molecule has 0 fully saturated rings. The zero-order chi connectivity index (χ0) is 20.7. The third-order valence-electron chi connectivity index (χ3n) is 4.03. The van der Waals surface area contributed by atoms with Gasteiger partial charge >= 0.3 is 11.9 Å². The highest BCUT2D eigenvalue weighted by Crippen LogP contribution is 2.27. The highest BCUT2D eigenvalue weighted by atomic mass is 16.5. The van der Waals surface area contributed by atoms with Gasteiger partial charge in [-0.2, -0.15) is 0 Å². The molecule has 1 aliphatic rings. The molecule has 1 aromatic rings. The summed E-state index contributed by atoms with van der Waals surface area (Å²) in [5.41, 5.74) is 0.876. The lowest BCUT2D eigenvalue weighted by atomic mass is 10.1. The number of esters is 2. The van der Waals surface area contributed by atoms with E-state index in [9.17, 15) is 9.59 Å². The number of nitrogens with zero attached hydrogens (tertiary/aromatic N) is 2. The number of carbonyl (C=O) groups is 2. The lowest BCUT2D eigenvalue weighted by Gasteiger charge is -2.24. The van der Waals surface area contributed by atoms with Gasteiger partial charge in [-0.15, -0.1) is 0 Å². The van der Waals surface area contributed by atoms with Gasteiger partial charge in [0.1, 0.15) is 24.6 Å². The molecule has 1 aromatic carbocycles. The first-order valence-electron chi connectivity index (χ1n) is 8.85. The molecule has 0 bridgehead atoms. The highest BCUT2D eigenvalue weighted by Gasteiger charge is 2.27. The van der Waals surface area contributed by atoms with Crippen LogP contribution in [0.1, 0.15) is 0 Å². The van der Waals surface area contributed by atoms with Crippen molar-refractivity contribution >= 4 is 17.6 Å². The zero-order valence-corrected chi connectivity index (χ0v) is 17.0. The van der Waals surface area contributed by atoms with E-state index < -0.39 is 11.9 Å². The second-order valence-electron chi connectivity index (χ2n) is 7.17. The van der Waals surface area contributed by atoms with Crippen LogP contribution in [0.3, 0.4) is 0 Å². The summed E-state index contributed by atoms with van der Waals surface area (Å²) in [4.78, 5) is 26.2. The van der Waals surface area contributed by atoms with Gasteiger partial charge in [0.25, 0.3) is 0 Å². The van der Waals surface area contributed by atoms with Gasteiger partial charge in [0.15, 0.2) is 0 Å². The Balaban J connectivity index is 2.30. The fourth-order valence-electron chi connectivity index (χ4n) is 2.51. The quantitative estimate of drug-likeness (QED) is 0.528. The minimum atomic E-state index is -0.639. The van der Waals surface area contributed by atoms with Gasteiger partial charge in [-0.3, -0.25) is 0 Å². The van der Waals surface area contributed by atoms with Gasteiger partial charge < -0.3 is 23.6 Å². The number of ether oxygens (including phenoxy) is 3. The Hall–Kier alpha value is -3.06. The number of anilines is 1. The van der Waals surface area contributed by atoms with Gasteiger partial charge in [0.2, 0.25) is 0 Å². The Bertz CT molecular complexity index is 801. The molecule has 1 aliphatic heterocycles. The number of carbonyl (C=O) groups excluding carboxylic acids is 2. The summed E-state index contributed by atoms with van der Waals surface area (Å²) < 4.78 is 16.3. The Morgan fingerprint density at radius 3 is 2.18 bits per heavy atom. The van der Waals surface area contributed by atoms with E-state index in [1.165, 1.54) is 20.3 Å². The lowest BCUT2D eigenvalue weighted by Crippen LogP contribution is -2.38. The van der Waals surface area contributed by atoms with E-state index in [2.05, 4.69) is 21.1 Å². The third kappa shape index (κ3) is 5.47. The standard InChI is InChI=1S/C21H27N2O5/c1-23(2,3)14-15-28-17-11-9-16(10-12-17)22-13-7-6-8-18(20(24)26-4)19(22)21(25)27-5/h6-13H,14-15H2,1-5H3/q+1. The molecule has 28 heavy (non-hydrogen) atoms. The average Bonchev–Trinajstić information content (AvgIpc) is 2.89. The van der Waals surface area contributed by atoms with Crippen LogP contribution < -0.4 is 9.64 Å². The number of methoxy groups -OCH3 is 2. The minimum Gasteiger partial charge on any atom is -0.488 e. The van der Waals surface area contributed by atoms with E-state index in [1.54, 1.807) is 23.3 Å². The molecule has 0 saturated carbocycles. The molecule has 0 aliphatic carbocycles. The Labute approximate surface area is 165 Å². The number of quaternary nitrogens is 1. The Kier molecular flexibility index (Phi) is 7.00. The third-order valence-corrected chi connectivity index (χ3v) is 4.03. The van der Waals surface area contributed by atoms with E-state index in [-0.39, 0.29) is 11.3 Å². The molecule has 0 saturated heterocycles. The molecular formula is C21H27N2O5+. The number of allylic oxidation sites excluding steroid dienone is 2. The van der Waals surface area contributed by atoms with E-state index in [0.29, 0.717) is 12.3 Å². The lowest BCUT2D eigenvalue weighted by molar-refractivity contribution is -0.870. The van der Waals surface area contributed by atoms with Crippen LogP contribution in [-0.2, 0) is 19.1 Å². The van der Waals surface area contributed by atoms with Crippen molar-refractivity contribution in [2.75, 3.05) is 53.4 Å². The van der Waals surface area contributed by atoms with Crippen molar-refractivity contribution in [2.24, 2.45) is 0 Å². The van der Waals surface area contributed by atoms with Crippen LogP contribution >= 0.6 is 0 Å². The molecule has 0 unspecified atom stereocenters. The molecule has 0 radical (unpaired) electrons. The second kappa shape index (κ2) is 9.23. The summed E-state index contributed by atoms with van der Waals surface area (Å²) in [6.07, 6.45) is 6.60. The van der Waals surface area contributed by atoms with E-state index in [1.807, 2.05) is 24.3 Å². The van der Waals surface area contributed by atoms with Crippen molar-refractivity contribution < 1.29 is 28.3 Å². The molecule has 150 valence electrons. The number of rotatable bonds is 7. The van der Waals surface area contributed by atoms with Crippen molar-refractivity contribution in [1.29, 1.82) is 0 Å². The van der Waals surface area contributed by atoms with Crippen molar-refractivity contribution in [1.82, 2.24) is 0 Å². The molecule has 0 atom stereocenters. The molecule has 7 heteroatoms. The SMILES string of the molecule is COC(=O)C1=C(C(=O)OC)N(c2ccc(OCC[N+](C)(C)C)cc2)C=CC=C1. The first kappa shape index (κ1) is 21.2. The molecule has 0 aromatic heterocycles. The van der Waals surface area contributed by atoms with Crippen LogP contribution in [0, 0.1) is 0 Å². The topological polar surface area (TPSA) is 65.1 Å². The van der Waals surface area contributed by atoms with E-state index in [0.717, 1.165) is 16.8 Å². The predicted octanol–water partition coefficient (Wildman–Crippen LogP) is 2.26. The van der Waals surface area contributed by atoms with Crippen LogP contribution in [0.25, 0.3) is 0 Å². The van der Waals surface area contributed by atoms with Crippen molar-refractivity contribution in [3.05, 3.63) is 60.0 Å². The van der Waals surface area contributed by atoms with Crippen LogP contribution in [0.4, 0.5) is 5.69 Å². The Morgan fingerprint density at radius 2 is 1.61 bits per heavy atom. The summed E-state index contributed by atoms with van der Waals surface area (Å²) in [6.45, 7) is 1.47. The van der Waals surface area contributed by atoms with Gasteiger partial charge in [-0.05, 0) is 36.4 Å². The predicted molar refractivity (Wildman–Crippen MR) is 107 cm³/mol. The summed E-state index contributed by atoms with van der Waals surface area (Å²) in [5, 5.41) is 0. The van der Waals surface area contributed by atoms with Crippen molar-refractivity contribution in [2.45, 2.75) is 0 Å². The fraction of sp³-hybridized carbons (Fsp3) is 0.333. The highest BCUT2D eigenvalue weighted by molar-refractivity contribution is 6.05. The minimum absolute atomic E-state index is 0.0815. The van der Waals surface area contributed by atoms with Crippen LogP contribution in [0.5, 0.6) is 5.75 Å². The van der Waals surface area contributed by atoms with E-state index in [4.69, 9.17) is 14.2 Å². The maximum atomic E-state index is 12.4. The summed E-state index contributed by atoms with van der Waals surface area (Å²) in [5.74, 6) is -0.531. The zero-order valence-electron chi connectivity index (χ0n) is 17.0. The maximum absolute atomic E-state index is 12.4. The van der Waals surface area contributed by atoms with Gasteiger partial charge in [-0.25, -0.2) is 9.59 Å². The number of hydrogen-bond acceptors (Lipinski definition) is 6. The molecule has 1 heterocycles. The van der Waals surface area contributed by atoms with Crippen LogP contribution in [0.15, 0.2) is 60.0 Å². The normalized spacial score (nSPS) is 14.0. The van der Waals surface area contributed by atoms with Crippen LogP contribution in [0.2, 0.25) is 0 Å². The van der Waals surface area contributed by atoms with Crippen LogP contribution in [-0.4, -0.2) is 64.9 Å². The molecule has 2 rings (SSSR count). The molecule has 0 N–H and O–H groups in total. The molecular weight excluding hydrogens is 360 g/mol. The maximum Gasteiger partial charge on any atom is 0.355 e. The summed E-state index contributed by atoms with van der Waals surface area (Å²) >= 11 is 0. The first-order chi connectivity index (χ1) is 13.3. The van der Waals surface area contributed by atoms with Crippen molar-refractivity contribution in [3.8, 4) is 5.75 Å². The Morgan fingerprint density at radius 1 is 0.964 bits per heavy atom. The van der Waals surface area contributed by atoms with E-state index >= 15 is 0 Å². The number of hydrogen-bond donors (Lipinski definition) is 0. The summed E-state index contributed by atoms with van der Waals surface area (Å²) in [6, 6.07) is 7.28. The summed E-state index contributed by atoms with van der Waals surface area (Å²) in [7, 11) is 8.85. The monoisotopic (exact) mass is 387 g/mol. The molecule has 0 spiro atoms. The average molecular weight is 387 g/mol. The molecule has 7 nitrogen and oxygen atoms in total. The molecule has 0 amide bonds. The van der Waals surface area contributed by atoms with Gasteiger partial charge in [0.05, 0.1) is 40.9 Å². The first-order valence-corrected chi connectivity index (χ1v) is 8.85. The number of likely N-dealkylation sites (N-methyl/N-ethyl adjacent to an activating group) is 1. The number of benzene rings is 1. The smallest absolute Gasteiger partial charge is 0.355 e. The van der Waals surface area contributed by atoms with Crippen molar-refractivity contribution in [3.63, 3.8) is 0 Å². The largest absolute Gasteiger partial charge is 0.488 e. The van der Waals surface area contributed by atoms with Gasteiger partial charge in [0, 0.05) is 11.9 Å².